The van der Waals surface area contributed by atoms with E-state index in [1.165, 1.54) is 4.90 Å². The quantitative estimate of drug-likeness (QED) is 0.707. The molecule has 88 valence electrons. The Morgan fingerprint density at radius 3 is 2.53 bits per heavy atom. The first-order valence-corrected chi connectivity index (χ1v) is 6.49. The van der Waals surface area contributed by atoms with Gasteiger partial charge in [0.05, 0.1) is 12.4 Å². The van der Waals surface area contributed by atoms with Crippen molar-refractivity contribution in [2.45, 2.75) is 31.9 Å². The lowest BCUT2D eigenvalue weighted by Crippen LogP contribution is -2.46. The van der Waals surface area contributed by atoms with Gasteiger partial charge in [0.25, 0.3) is 10.1 Å². The van der Waals surface area contributed by atoms with Crippen molar-refractivity contribution in [3.63, 3.8) is 0 Å². The molecule has 2 atom stereocenters. The summed E-state index contributed by atoms with van der Waals surface area (Å²) < 4.78 is 26.6. The van der Waals surface area contributed by atoms with Gasteiger partial charge in [-0.1, -0.05) is 0 Å². The van der Waals surface area contributed by atoms with E-state index in [9.17, 15) is 13.2 Å². The Balaban J connectivity index is 2.55. The zero-order chi connectivity index (χ0) is 11.6. The highest BCUT2D eigenvalue weighted by Crippen LogP contribution is 2.20. The Hall–Kier alpha value is -0.820. The third-order valence-electron chi connectivity index (χ3n) is 2.38. The lowest BCUT2D eigenvalue weighted by atomic mass is 10.0. The molecule has 0 aromatic heterocycles. The van der Waals surface area contributed by atoms with Crippen LogP contribution in [0.1, 0.15) is 19.8 Å². The largest absolute Gasteiger partial charge is 0.465 e. The van der Waals surface area contributed by atoms with Crippen LogP contribution in [-0.4, -0.2) is 49.5 Å². The van der Waals surface area contributed by atoms with Gasteiger partial charge < -0.3 is 10.0 Å². The summed E-state index contributed by atoms with van der Waals surface area (Å²) >= 11 is 0. The summed E-state index contributed by atoms with van der Waals surface area (Å²) in [5.41, 5.74) is 0. The molecule has 1 fully saturated rings. The summed E-state index contributed by atoms with van der Waals surface area (Å²) in [5, 5.41) is 8.79. The van der Waals surface area contributed by atoms with Gasteiger partial charge in [-0.25, -0.2) is 4.79 Å². The Labute approximate surface area is 89.0 Å². The zero-order valence-corrected chi connectivity index (χ0v) is 9.53. The number of hydrogen-bond acceptors (Lipinski definition) is 4. The fraction of sp³-hybridized carbons (Fsp3) is 0.875. The summed E-state index contributed by atoms with van der Waals surface area (Å²) in [7, 11) is -3.45. The fourth-order valence-corrected chi connectivity index (χ4v) is 2.42. The minimum atomic E-state index is -3.45. The molecule has 0 aliphatic carbocycles. The molecule has 0 aromatic rings. The minimum absolute atomic E-state index is 0.206. The number of likely N-dealkylation sites (tertiary alicyclic amines) is 1. The van der Waals surface area contributed by atoms with Crippen molar-refractivity contribution in [2.24, 2.45) is 0 Å². The second-order valence-corrected chi connectivity index (χ2v) is 5.37. The highest BCUT2D eigenvalue weighted by atomic mass is 32.2. The van der Waals surface area contributed by atoms with Crippen molar-refractivity contribution in [3.8, 4) is 0 Å². The highest BCUT2D eigenvalue weighted by molar-refractivity contribution is 7.86. The summed E-state index contributed by atoms with van der Waals surface area (Å²) in [4.78, 5) is 12.0. The van der Waals surface area contributed by atoms with Crippen LogP contribution < -0.4 is 0 Å². The van der Waals surface area contributed by atoms with Crippen LogP contribution in [0.3, 0.4) is 0 Å². The second kappa shape index (κ2) is 4.36. The van der Waals surface area contributed by atoms with Gasteiger partial charge in [0, 0.05) is 12.6 Å². The van der Waals surface area contributed by atoms with E-state index >= 15 is 0 Å². The lowest BCUT2D eigenvalue weighted by molar-refractivity contribution is 0.0640. The van der Waals surface area contributed by atoms with Crippen molar-refractivity contribution < 1.29 is 22.5 Å². The third kappa shape index (κ3) is 3.67. The SMILES string of the molecule is CC1CC(OS(C)(=O)=O)CCN1C(=O)O. The number of amides is 1. The van der Waals surface area contributed by atoms with E-state index in [2.05, 4.69) is 0 Å². The van der Waals surface area contributed by atoms with Gasteiger partial charge in [0.1, 0.15) is 0 Å². The minimum Gasteiger partial charge on any atom is -0.465 e. The maximum Gasteiger partial charge on any atom is 0.407 e. The Bertz CT molecular complexity index is 339. The molecule has 0 radical (unpaired) electrons. The molecule has 0 spiro atoms. The Kier molecular flexibility index (Phi) is 3.56. The number of piperidine rings is 1. The molecule has 1 heterocycles. The maximum atomic E-state index is 10.9. The normalized spacial score (nSPS) is 27.7. The standard InChI is InChI=1S/C8H15NO5S/c1-6-5-7(14-15(2,12)13)3-4-9(6)8(10)11/h6-7H,3-5H2,1-2H3,(H,10,11). The van der Waals surface area contributed by atoms with E-state index < -0.39 is 22.3 Å². The van der Waals surface area contributed by atoms with Crippen LogP contribution >= 0.6 is 0 Å². The first kappa shape index (κ1) is 12.3. The van der Waals surface area contributed by atoms with E-state index in [1.807, 2.05) is 0 Å². The number of carboxylic acid groups (broad SMARTS) is 1. The molecule has 1 amide bonds. The third-order valence-corrected chi connectivity index (χ3v) is 3.01. The molecule has 6 nitrogen and oxygen atoms in total. The van der Waals surface area contributed by atoms with Gasteiger partial charge >= 0.3 is 6.09 Å². The highest BCUT2D eigenvalue weighted by Gasteiger charge is 2.30. The molecular weight excluding hydrogens is 222 g/mol. The van der Waals surface area contributed by atoms with E-state index in [0.29, 0.717) is 19.4 Å². The molecule has 1 aliphatic heterocycles. The smallest absolute Gasteiger partial charge is 0.407 e. The molecular formula is C8H15NO5S. The molecule has 0 bridgehead atoms. The van der Waals surface area contributed by atoms with Crippen LogP contribution in [0.5, 0.6) is 0 Å². The topological polar surface area (TPSA) is 83.9 Å². The molecule has 1 saturated heterocycles. The summed E-state index contributed by atoms with van der Waals surface area (Å²) in [6.45, 7) is 2.06. The zero-order valence-electron chi connectivity index (χ0n) is 8.71. The summed E-state index contributed by atoms with van der Waals surface area (Å²) in [6.07, 6.45) is 0.468. The van der Waals surface area contributed by atoms with Gasteiger partial charge in [-0.3, -0.25) is 4.18 Å². The van der Waals surface area contributed by atoms with Crippen molar-refractivity contribution in [1.82, 2.24) is 4.90 Å². The van der Waals surface area contributed by atoms with E-state index in [4.69, 9.17) is 9.29 Å². The van der Waals surface area contributed by atoms with Crippen molar-refractivity contribution >= 4 is 16.2 Å². The van der Waals surface area contributed by atoms with Crippen molar-refractivity contribution in [2.75, 3.05) is 12.8 Å². The summed E-state index contributed by atoms with van der Waals surface area (Å²) in [6, 6.07) is -0.206. The number of carbonyl (C=O) groups is 1. The number of hydrogen-bond donors (Lipinski definition) is 1. The van der Waals surface area contributed by atoms with E-state index in [1.54, 1.807) is 6.92 Å². The van der Waals surface area contributed by atoms with Crippen LogP contribution in [0, 0.1) is 0 Å². The molecule has 7 heteroatoms. The molecule has 0 saturated carbocycles. The molecule has 0 aromatic carbocycles. The van der Waals surface area contributed by atoms with Crippen LogP contribution in [0.2, 0.25) is 0 Å². The van der Waals surface area contributed by atoms with Crippen LogP contribution in [0.25, 0.3) is 0 Å². The molecule has 15 heavy (non-hydrogen) atoms. The van der Waals surface area contributed by atoms with Crippen molar-refractivity contribution in [1.29, 1.82) is 0 Å². The van der Waals surface area contributed by atoms with Crippen LogP contribution in [0.15, 0.2) is 0 Å². The van der Waals surface area contributed by atoms with Crippen molar-refractivity contribution in [3.05, 3.63) is 0 Å². The van der Waals surface area contributed by atoms with Crippen LogP contribution in [-0.2, 0) is 14.3 Å². The first-order valence-electron chi connectivity index (χ1n) is 4.67. The second-order valence-electron chi connectivity index (χ2n) is 3.77. The molecule has 1 N–H and O–H groups in total. The Morgan fingerprint density at radius 2 is 2.13 bits per heavy atom. The van der Waals surface area contributed by atoms with Gasteiger partial charge in [-0.2, -0.15) is 8.42 Å². The Morgan fingerprint density at radius 1 is 1.53 bits per heavy atom. The van der Waals surface area contributed by atoms with E-state index in [-0.39, 0.29) is 6.04 Å². The predicted octanol–water partition coefficient (Wildman–Crippen LogP) is 0.494. The van der Waals surface area contributed by atoms with Gasteiger partial charge in [-0.05, 0) is 19.8 Å². The molecule has 2 unspecified atom stereocenters. The maximum absolute atomic E-state index is 10.9. The predicted molar refractivity (Wildman–Crippen MR) is 53.1 cm³/mol. The monoisotopic (exact) mass is 237 g/mol. The number of rotatable bonds is 2. The fourth-order valence-electron chi connectivity index (χ4n) is 1.75. The molecule has 1 aliphatic rings. The first-order chi connectivity index (χ1) is 6.79. The summed E-state index contributed by atoms with van der Waals surface area (Å²) in [5.74, 6) is 0. The average Bonchev–Trinajstić information content (AvgIpc) is 1.99. The molecule has 1 rings (SSSR count). The number of nitrogens with zero attached hydrogens (tertiary/aromatic N) is 1. The van der Waals surface area contributed by atoms with Gasteiger partial charge in [0.15, 0.2) is 0 Å². The average molecular weight is 237 g/mol. The van der Waals surface area contributed by atoms with E-state index in [0.717, 1.165) is 6.26 Å². The van der Waals surface area contributed by atoms with Gasteiger partial charge in [-0.15, -0.1) is 0 Å². The van der Waals surface area contributed by atoms with Gasteiger partial charge in [0.2, 0.25) is 0 Å². The lowest BCUT2D eigenvalue weighted by Gasteiger charge is -2.34. The van der Waals surface area contributed by atoms with Crippen LogP contribution in [0.4, 0.5) is 4.79 Å².